The van der Waals surface area contributed by atoms with Crippen molar-refractivity contribution in [2.24, 2.45) is 5.73 Å². The molecule has 3 N–H and O–H groups in total. The standard InChI is InChI=1S/C9H13N3O3/c1-14-4-5-2-8(12-15-5)9(13)11-7-3-6(7)10/h2,6-7H,3-4,10H2,1H3,(H,11,13). The van der Waals surface area contributed by atoms with Gasteiger partial charge in [0, 0.05) is 25.3 Å². The SMILES string of the molecule is COCc1cc(C(=O)NC2CC2N)no1. The number of nitrogens with two attached hydrogens (primary N) is 1. The highest BCUT2D eigenvalue weighted by molar-refractivity contribution is 5.92. The van der Waals surface area contributed by atoms with Crippen LogP contribution in [0, 0.1) is 0 Å². The Labute approximate surface area is 86.7 Å². The molecular formula is C9H13N3O3. The first-order valence-electron chi connectivity index (χ1n) is 4.71. The molecule has 1 amide bonds. The van der Waals surface area contributed by atoms with E-state index < -0.39 is 0 Å². The maximum atomic E-state index is 11.5. The van der Waals surface area contributed by atoms with Crippen molar-refractivity contribution in [3.63, 3.8) is 0 Å². The molecule has 1 aromatic heterocycles. The second-order valence-corrected chi connectivity index (χ2v) is 3.59. The number of nitrogens with zero attached hydrogens (tertiary/aromatic N) is 1. The van der Waals surface area contributed by atoms with Crippen molar-refractivity contribution in [3.8, 4) is 0 Å². The summed E-state index contributed by atoms with van der Waals surface area (Å²) in [6.45, 7) is 0.309. The zero-order valence-corrected chi connectivity index (χ0v) is 8.40. The third-order valence-corrected chi connectivity index (χ3v) is 2.23. The summed E-state index contributed by atoms with van der Waals surface area (Å²) in [6, 6.07) is 1.73. The van der Waals surface area contributed by atoms with Gasteiger partial charge >= 0.3 is 0 Å². The maximum Gasteiger partial charge on any atom is 0.273 e. The van der Waals surface area contributed by atoms with E-state index in [1.54, 1.807) is 13.2 Å². The summed E-state index contributed by atoms with van der Waals surface area (Å²) in [5.41, 5.74) is 5.83. The minimum atomic E-state index is -0.251. The van der Waals surface area contributed by atoms with Gasteiger partial charge in [0.15, 0.2) is 11.5 Å². The van der Waals surface area contributed by atoms with Gasteiger partial charge in [0.05, 0.1) is 0 Å². The van der Waals surface area contributed by atoms with E-state index in [2.05, 4.69) is 10.5 Å². The molecule has 0 saturated heterocycles. The maximum absolute atomic E-state index is 11.5. The molecule has 0 bridgehead atoms. The van der Waals surface area contributed by atoms with E-state index in [1.165, 1.54) is 0 Å². The second kappa shape index (κ2) is 4.00. The predicted octanol–water partition coefficient (Wildman–Crippen LogP) is -0.350. The van der Waals surface area contributed by atoms with Gasteiger partial charge in [0.2, 0.25) is 0 Å². The molecule has 1 aromatic rings. The molecule has 2 atom stereocenters. The van der Waals surface area contributed by atoms with Crippen LogP contribution in [0.5, 0.6) is 0 Å². The van der Waals surface area contributed by atoms with Crippen molar-refractivity contribution < 1.29 is 14.1 Å². The molecule has 0 aliphatic heterocycles. The Kier molecular flexibility index (Phi) is 2.70. The van der Waals surface area contributed by atoms with Gasteiger partial charge in [-0.2, -0.15) is 0 Å². The quantitative estimate of drug-likeness (QED) is 0.710. The van der Waals surface area contributed by atoms with E-state index in [0.29, 0.717) is 12.4 Å². The molecule has 1 fully saturated rings. The predicted molar refractivity (Wildman–Crippen MR) is 51.1 cm³/mol. The highest BCUT2D eigenvalue weighted by atomic mass is 16.5. The summed E-state index contributed by atoms with van der Waals surface area (Å²) in [5.74, 6) is 0.279. The Balaban J connectivity index is 1.93. The largest absolute Gasteiger partial charge is 0.377 e. The van der Waals surface area contributed by atoms with Crippen LogP contribution in [0.1, 0.15) is 22.7 Å². The fourth-order valence-corrected chi connectivity index (χ4v) is 1.25. The normalized spacial score (nSPS) is 23.9. The van der Waals surface area contributed by atoms with Crippen molar-refractivity contribution in [2.45, 2.75) is 25.1 Å². The summed E-state index contributed by atoms with van der Waals surface area (Å²) >= 11 is 0. The Bertz CT molecular complexity index is 363. The van der Waals surface area contributed by atoms with Crippen LogP contribution in [0.15, 0.2) is 10.6 Å². The Morgan fingerprint density at radius 2 is 2.60 bits per heavy atom. The number of hydrogen-bond acceptors (Lipinski definition) is 5. The molecule has 1 saturated carbocycles. The van der Waals surface area contributed by atoms with E-state index in [0.717, 1.165) is 6.42 Å². The molecule has 1 aliphatic rings. The Morgan fingerprint density at radius 3 is 3.20 bits per heavy atom. The van der Waals surface area contributed by atoms with Crippen LogP contribution in [-0.2, 0) is 11.3 Å². The topological polar surface area (TPSA) is 90.4 Å². The number of carbonyl (C=O) groups excluding carboxylic acids is 1. The molecule has 1 heterocycles. The van der Waals surface area contributed by atoms with Crippen LogP contribution < -0.4 is 11.1 Å². The van der Waals surface area contributed by atoms with E-state index >= 15 is 0 Å². The van der Waals surface area contributed by atoms with Gasteiger partial charge in [-0.3, -0.25) is 4.79 Å². The minimum absolute atomic E-state index is 0.0827. The van der Waals surface area contributed by atoms with Crippen molar-refractivity contribution in [3.05, 3.63) is 17.5 Å². The molecule has 2 rings (SSSR count). The minimum Gasteiger partial charge on any atom is -0.377 e. The van der Waals surface area contributed by atoms with Crippen LogP contribution >= 0.6 is 0 Å². The highest BCUT2D eigenvalue weighted by Crippen LogP contribution is 2.18. The smallest absolute Gasteiger partial charge is 0.273 e. The van der Waals surface area contributed by atoms with Crippen LogP contribution in [0.4, 0.5) is 0 Å². The van der Waals surface area contributed by atoms with Crippen molar-refractivity contribution >= 4 is 5.91 Å². The Morgan fingerprint density at radius 1 is 1.87 bits per heavy atom. The van der Waals surface area contributed by atoms with Gasteiger partial charge in [-0.1, -0.05) is 5.16 Å². The fraction of sp³-hybridized carbons (Fsp3) is 0.556. The zero-order valence-electron chi connectivity index (χ0n) is 8.40. The first-order chi connectivity index (χ1) is 7.20. The van der Waals surface area contributed by atoms with E-state index in [9.17, 15) is 4.79 Å². The summed E-state index contributed by atoms with van der Waals surface area (Å²) < 4.78 is 9.73. The lowest BCUT2D eigenvalue weighted by atomic mass is 10.3. The first-order valence-corrected chi connectivity index (χ1v) is 4.71. The third-order valence-electron chi connectivity index (χ3n) is 2.23. The van der Waals surface area contributed by atoms with Gasteiger partial charge in [-0.15, -0.1) is 0 Å². The summed E-state index contributed by atoms with van der Waals surface area (Å²) in [6.07, 6.45) is 0.828. The van der Waals surface area contributed by atoms with Crippen molar-refractivity contribution in [2.75, 3.05) is 7.11 Å². The number of nitrogens with one attached hydrogen (secondary N) is 1. The lowest BCUT2D eigenvalue weighted by Gasteiger charge is -1.98. The van der Waals surface area contributed by atoms with Gasteiger partial charge in [-0.25, -0.2) is 0 Å². The summed E-state index contributed by atoms with van der Waals surface area (Å²) in [4.78, 5) is 11.5. The first kappa shape index (κ1) is 10.1. The van der Waals surface area contributed by atoms with E-state index in [-0.39, 0.29) is 23.7 Å². The highest BCUT2D eigenvalue weighted by Gasteiger charge is 2.35. The summed E-state index contributed by atoms with van der Waals surface area (Å²) in [7, 11) is 1.55. The molecule has 6 heteroatoms. The molecule has 15 heavy (non-hydrogen) atoms. The average Bonchev–Trinajstić information content (AvgIpc) is 2.72. The number of aromatic nitrogens is 1. The number of methoxy groups -OCH3 is 1. The van der Waals surface area contributed by atoms with Crippen LogP contribution in [-0.4, -0.2) is 30.3 Å². The zero-order chi connectivity index (χ0) is 10.8. The van der Waals surface area contributed by atoms with E-state index in [4.69, 9.17) is 15.0 Å². The fourth-order valence-electron chi connectivity index (χ4n) is 1.25. The Hall–Kier alpha value is -1.40. The molecule has 0 radical (unpaired) electrons. The van der Waals surface area contributed by atoms with Crippen LogP contribution in [0.25, 0.3) is 0 Å². The molecule has 0 spiro atoms. The molecule has 82 valence electrons. The molecular weight excluding hydrogens is 198 g/mol. The van der Waals surface area contributed by atoms with Gasteiger partial charge in [-0.05, 0) is 6.42 Å². The molecule has 2 unspecified atom stereocenters. The lowest BCUT2D eigenvalue weighted by Crippen LogP contribution is -2.29. The number of rotatable bonds is 4. The summed E-state index contributed by atoms with van der Waals surface area (Å²) in [5, 5.41) is 6.38. The molecule has 0 aromatic carbocycles. The molecule has 6 nitrogen and oxygen atoms in total. The number of hydrogen-bond donors (Lipinski definition) is 2. The van der Waals surface area contributed by atoms with Gasteiger partial charge in [0.25, 0.3) is 5.91 Å². The average molecular weight is 211 g/mol. The lowest BCUT2D eigenvalue weighted by molar-refractivity contribution is 0.0940. The number of ether oxygens (including phenoxy) is 1. The van der Waals surface area contributed by atoms with Crippen LogP contribution in [0.3, 0.4) is 0 Å². The van der Waals surface area contributed by atoms with Gasteiger partial charge in [0.1, 0.15) is 6.61 Å². The van der Waals surface area contributed by atoms with Crippen LogP contribution in [0.2, 0.25) is 0 Å². The van der Waals surface area contributed by atoms with Crippen molar-refractivity contribution in [1.82, 2.24) is 10.5 Å². The van der Waals surface area contributed by atoms with E-state index in [1.807, 2.05) is 0 Å². The number of carbonyl (C=O) groups is 1. The molecule has 1 aliphatic carbocycles. The second-order valence-electron chi connectivity index (χ2n) is 3.59. The third kappa shape index (κ3) is 2.34. The van der Waals surface area contributed by atoms with Gasteiger partial charge < -0.3 is 20.3 Å². The van der Waals surface area contributed by atoms with Crippen molar-refractivity contribution in [1.29, 1.82) is 0 Å². The monoisotopic (exact) mass is 211 g/mol. The number of amides is 1.